The highest BCUT2D eigenvalue weighted by atomic mass is 15.3. The zero-order valence-electron chi connectivity index (χ0n) is 12.8. The van der Waals surface area contributed by atoms with Crippen LogP contribution in [0.1, 0.15) is 48.6 Å². The van der Waals surface area contributed by atoms with Gasteiger partial charge in [-0.15, -0.1) is 0 Å². The van der Waals surface area contributed by atoms with Gasteiger partial charge in [-0.25, -0.2) is 4.68 Å². The van der Waals surface area contributed by atoms with Gasteiger partial charge in [0.2, 0.25) is 0 Å². The Kier molecular flexibility index (Phi) is 4.99. The first-order valence-electron chi connectivity index (χ1n) is 7.46. The number of benzene rings is 1. The third-order valence-electron chi connectivity index (χ3n) is 3.60. The Morgan fingerprint density at radius 2 is 2.14 bits per heavy atom. The third kappa shape index (κ3) is 3.63. The molecule has 4 heteroatoms. The minimum absolute atomic E-state index is 0.497. The van der Waals surface area contributed by atoms with E-state index in [2.05, 4.69) is 43.2 Å². The summed E-state index contributed by atoms with van der Waals surface area (Å²) in [6, 6.07) is 10.5. The van der Waals surface area contributed by atoms with Crippen molar-refractivity contribution in [2.75, 3.05) is 5.73 Å². The summed E-state index contributed by atoms with van der Waals surface area (Å²) in [4.78, 5) is 0. The van der Waals surface area contributed by atoms with E-state index in [1.807, 2.05) is 6.07 Å². The monoisotopic (exact) mass is 282 g/mol. The molecule has 0 fully saturated rings. The van der Waals surface area contributed by atoms with Crippen molar-refractivity contribution < 1.29 is 0 Å². The lowest BCUT2D eigenvalue weighted by atomic mass is 10.1. The Balaban J connectivity index is 2.23. The van der Waals surface area contributed by atoms with Crippen LogP contribution in [0.15, 0.2) is 24.3 Å². The second-order valence-electron chi connectivity index (χ2n) is 5.41. The number of nitrogen functional groups attached to an aromatic ring is 1. The van der Waals surface area contributed by atoms with Crippen LogP contribution < -0.4 is 5.73 Å². The number of aromatic nitrogens is 2. The fourth-order valence-electron chi connectivity index (χ4n) is 2.47. The van der Waals surface area contributed by atoms with Crippen molar-refractivity contribution >= 4 is 5.82 Å². The van der Waals surface area contributed by atoms with E-state index in [-0.39, 0.29) is 0 Å². The number of rotatable bonds is 6. The topological polar surface area (TPSA) is 67.6 Å². The summed E-state index contributed by atoms with van der Waals surface area (Å²) >= 11 is 0. The number of nitrogens with zero attached hydrogens (tertiary/aromatic N) is 3. The molecule has 2 N–H and O–H groups in total. The average Bonchev–Trinajstić information content (AvgIpc) is 2.75. The minimum atomic E-state index is 0.497. The second-order valence-corrected chi connectivity index (χ2v) is 5.41. The van der Waals surface area contributed by atoms with E-state index in [0.29, 0.717) is 17.8 Å². The molecule has 0 spiro atoms. The maximum Gasteiger partial charge on any atom is 0.140 e. The van der Waals surface area contributed by atoms with Gasteiger partial charge in [0, 0.05) is 13.0 Å². The van der Waals surface area contributed by atoms with Crippen LogP contribution in [0.3, 0.4) is 0 Å². The molecule has 0 atom stereocenters. The molecule has 1 aromatic heterocycles. The minimum Gasteiger partial charge on any atom is -0.383 e. The summed E-state index contributed by atoms with van der Waals surface area (Å²) in [7, 11) is 0. The van der Waals surface area contributed by atoms with Crippen LogP contribution in [0.5, 0.6) is 0 Å². The fraction of sp³-hybridized carbons (Fsp3) is 0.412. The third-order valence-corrected chi connectivity index (χ3v) is 3.60. The van der Waals surface area contributed by atoms with Gasteiger partial charge in [0.1, 0.15) is 17.5 Å². The van der Waals surface area contributed by atoms with E-state index < -0.39 is 0 Å². The number of anilines is 1. The fourth-order valence-corrected chi connectivity index (χ4v) is 2.47. The lowest BCUT2D eigenvalue weighted by Gasteiger charge is -2.02. The Morgan fingerprint density at radius 3 is 2.81 bits per heavy atom. The molecule has 0 aliphatic carbocycles. The molecule has 110 valence electrons. The van der Waals surface area contributed by atoms with Gasteiger partial charge < -0.3 is 5.73 Å². The van der Waals surface area contributed by atoms with E-state index >= 15 is 0 Å². The molecule has 0 bridgehead atoms. The van der Waals surface area contributed by atoms with Crippen molar-refractivity contribution in [2.24, 2.45) is 0 Å². The number of hydrogen-bond donors (Lipinski definition) is 1. The van der Waals surface area contributed by atoms with Gasteiger partial charge in [0.25, 0.3) is 0 Å². The molecule has 0 saturated carbocycles. The van der Waals surface area contributed by atoms with Crippen LogP contribution in [-0.2, 0) is 13.0 Å². The molecule has 0 aliphatic heterocycles. The largest absolute Gasteiger partial charge is 0.383 e. The molecule has 1 heterocycles. The standard InChI is InChI=1S/C17H22N4/c1-3-4-5-9-21-17(19)15(12-18)16(20-21)11-14-8-6-7-13(2)10-14/h6-8,10H,3-5,9,11,19H2,1-2H3. The molecule has 1 aromatic carbocycles. The Morgan fingerprint density at radius 1 is 1.33 bits per heavy atom. The number of nitriles is 1. The van der Waals surface area contributed by atoms with Crippen molar-refractivity contribution in [2.45, 2.75) is 46.1 Å². The lowest BCUT2D eigenvalue weighted by Crippen LogP contribution is -2.05. The smallest absolute Gasteiger partial charge is 0.140 e. The first kappa shape index (κ1) is 15.1. The molecule has 2 aromatic rings. The lowest BCUT2D eigenvalue weighted by molar-refractivity contribution is 0.555. The number of hydrogen-bond acceptors (Lipinski definition) is 3. The van der Waals surface area contributed by atoms with Crippen LogP contribution in [0.2, 0.25) is 0 Å². The highest BCUT2D eigenvalue weighted by molar-refractivity contribution is 5.53. The first-order valence-corrected chi connectivity index (χ1v) is 7.46. The molecular weight excluding hydrogens is 260 g/mol. The quantitative estimate of drug-likeness (QED) is 0.825. The molecule has 0 radical (unpaired) electrons. The number of nitrogens with two attached hydrogens (primary N) is 1. The van der Waals surface area contributed by atoms with Crippen molar-refractivity contribution in [3.05, 3.63) is 46.6 Å². The van der Waals surface area contributed by atoms with Gasteiger partial charge in [-0.3, -0.25) is 0 Å². The SMILES string of the molecule is CCCCCn1nc(Cc2cccc(C)c2)c(C#N)c1N. The van der Waals surface area contributed by atoms with Crippen LogP contribution in [0, 0.1) is 18.3 Å². The molecule has 21 heavy (non-hydrogen) atoms. The van der Waals surface area contributed by atoms with Crippen LogP contribution >= 0.6 is 0 Å². The van der Waals surface area contributed by atoms with Crippen LogP contribution in [0.4, 0.5) is 5.82 Å². The summed E-state index contributed by atoms with van der Waals surface area (Å²) in [5, 5.41) is 13.9. The summed E-state index contributed by atoms with van der Waals surface area (Å²) in [6.45, 7) is 5.00. The van der Waals surface area contributed by atoms with Crippen molar-refractivity contribution in [1.29, 1.82) is 5.26 Å². The number of aryl methyl sites for hydroxylation is 2. The van der Waals surface area contributed by atoms with E-state index in [0.717, 1.165) is 37.1 Å². The molecule has 0 saturated heterocycles. The Bertz CT molecular complexity index is 649. The molecule has 2 rings (SSSR count). The van der Waals surface area contributed by atoms with E-state index in [1.54, 1.807) is 4.68 Å². The summed E-state index contributed by atoms with van der Waals surface area (Å²) < 4.78 is 1.78. The zero-order chi connectivity index (χ0) is 15.2. The normalized spacial score (nSPS) is 10.5. The Labute approximate surface area is 126 Å². The highest BCUT2D eigenvalue weighted by Gasteiger charge is 2.15. The number of unbranched alkanes of at least 4 members (excludes halogenated alkanes) is 2. The first-order chi connectivity index (χ1) is 10.2. The molecule has 0 aliphatic rings. The molecule has 4 nitrogen and oxygen atoms in total. The highest BCUT2D eigenvalue weighted by Crippen LogP contribution is 2.20. The van der Waals surface area contributed by atoms with Gasteiger partial charge in [0.05, 0.1) is 5.69 Å². The van der Waals surface area contributed by atoms with Crippen molar-refractivity contribution in [3.8, 4) is 6.07 Å². The molecule has 0 amide bonds. The average molecular weight is 282 g/mol. The zero-order valence-corrected chi connectivity index (χ0v) is 12.8. The van der Waals surface area contributed by atoms with E-state index in [1.165, 1.54) is 5.56 Å². The second kappa shape index (κ2) is 6.94. The van der Waals surface area contributed by atoms with E-state index in [9.17, 15) is 5.26 Å². The summed E-state index contributed by atoms with van der Waals surface area (Å²) in [5.41, 5.74) is 9.72. The van der Waals surface area contributed by atoms with Crippen LogP contribution in [-0.4, -0.2) is 9.78 Å². The maximum absolute atomic E-state index is 9.33. The van der Waals surface area contributed by atoms with Gasteiger partial charge in [-0.2, -0.15) is 10.4 Å². The predicted molar refractivity (Wildman–Crippen MR) is 84.9 cm³/mol. The molecular formula is C17H22N4. The van der Waals surface area contributed by atoms with Gasteiger partial charge in [-0.1, -0.05) is 49.6 Å². The van der Waals surface area contributed by atoms with Gasteiger partial charge in [0.15, 0.2) is 0 Å². The summed E-state index contributed by atoms with van der Waals surface area (Å²) in [6.07, 6.45) is 3.99. The maximum atomic E-state index is 9.33. The summed E-state index contributed by atoms with van der Waals surface area (Å²) in [5.74, 6) is 0.497. The Hall–Kier alpha value is -2.28. The molecule has 0 unspecified atom stereocenters. The van der Waals surface area contributed by atoms with Crippen molar-refractivity contribution in [1.82, 2.24) is 9.78 Å². The van der Waals surface area contributed by atoms with Crippen LogP contribution in [0.25, 0.3) is 0 Å². The predicted octanol–water partition coefficient (Wildman–Crippen LogP) is 3.43. The van der Waals surface area contributed by atoms with Gasteiger partial charge in [-0.05, 0) is 18.9 Å². The van der Waals surface area contributed by atoms with Gasteiger partial charge >= 0.3 is 0 Å². The van der Waals surface area contributed by atoms with Crippen molar-refractivity contribution in [3.63, 3.8) is 0 Å². The van der Waals surface area contributed by atoms with E-state index in [4.69, 9.17) is 5.73 Å².